The van der Waals surface area contributed by atoms with E-state index in [2.05, 4.69) is 0 Å². The smallest absolute Gasteiger partial charge is 0.263 e. The summed E-state index contributed by atoms with van der Waals surface area (Å²) in [5.41, 5.74) is -0.441. The fraction of sp³-hybridized carbons (Fsp3) is 0.462. The van der Waals surface area contributed by atoms with E-state index in [1.54, 1.807) is 7.05 Å². The fourth-order valence-corrected chi connectivity index (χ4v) is 2.26. The highest BCUT2D eigenvalue weighted by Gasteiger charge is 2.55. The molecule has 1 unspecified atom stereocenters. The van der Waals surface area contributed by atoms with Crippen molar-refractivity contribution in [2.45, 2.75) is 26.4 Å². The van der Waals surface area contributed by atoms with Gasteiger partial charge >= 0.3 is 0 Å². The number of likely N-dealkylation sites (N-methyl/N-ethyl adjacent to an activating group) is 1. The zero-order chi connectivity index (χ0) is 12.1. The van der Waals surface area contributed by atoms with Gasteiger partial charge in [-0.2, -0.15) is 0 Å². The van der Waals surface area contributed by atoms with Gasteiger partial charge in [0, 0.05) is 18.0 Å². The zero-order valence-electron chi connectivity index (χ0n) is 10.1. The Morgan fingerprint density at radius 1 is 1.25 bits per heavy atom. The van der Waals surface area contributed by atoms with Gasteiger partial charge < -0.3 is 10.0 Å². The van der Waals surface area contributed by atoms with Crippen LogP contribution in [0.2, 0.25) is 0 Å². The number of hydrogen-bond donors (Lipinski definition) is 1. The van der Waals surface area contributed by atoms with Crippen molar-refractivity contribution < 1.29 is 9.90 Å². The van der Waals surface area contributed by atoms with E-state index in [9.17, 15) is 9.90 Å². The molecule has 1 aromatic carbocycles. The molecular weight excluding hydrogens is 202 g/mol. The zero-order valence-corrected chi connectivity index (χ0v) is 10.1. The fourth-order valence-electron chi connectivity index (χ4n) is 2.26. The summed E-state index contributed by atoms with van der Waals surface area (Å²) >= 11 is 0. The number of para-hydroxylation sites is 1. The van der Waals surface area contributed by atoms with Crippen LogP contribution in [-0.4, -0.2) is 18.1 Å². The maximum absolute atomic E-state index is 12.2. The highest BCUT2D eigenvalue weighted by atomic mass is 16.3. The predicted octanol–water partition coefficient (Wildman–Crippen LogP) is 1.90. The standard InChI is InChI=1S/C13H17NO2/c1-12(2,3)13(16)9-7-5-6-8-10(9)14(4)11(13)15/h5-8,16H,1-4H3. The maximum Gasteiger partial charge on any atom is 0.263 e. The summed E-state index contributed by atoms with van der Waals surface area (Å²) in [6, 6.07) is 7.40. The van der Waals surface area contributed by atoms with Gasteiger partial charge in [0.2, 0.25) is 0 Å². The van der Waals surface area contributed by atoms with Gasteiger partial charge in [-0.05, 0) is 6.07 Å². The first-order valence-electron chi connectivity index (χ1n) is 5.40. The van der Waals surface area contributed by atoms with E-state index in [0.29, 0.717) is 5.56 Å². The monoisotopic (exact) mass is 219 g/mol. The van der Waals surface area contributed by atoms with Crippen LogP contribution < -0.4 is 4.90 Å². The average Bonchev–Trinajstić information content (AvgIpc) is 2.42. The Hall–Kier alpha value is -1.35. The van der Waals surface area contributed by atoms with Gasteiger partial charge in [0.1, 0.15) is 0 Å². The number of rotatable bonds is 0. The van der Waals surface area contributed by atoms with E-state index in [0.717, 1.165) is 5.69 Å². The van der Waals surface area contributed by atoms with Crippen molar-refractivity contribution in [1.82, 2.24) is 0 Å². The minimum Gasteiger partial charge on any atom is -0.375 e. The van der Waals surface area contributed by atoms with Crippen LogP contribution in [0.15, 0.2) is 24.3 Å². The number of aliphatic hydroxyl groups is 1. The molecule has 16 heavy (non-hydrogen) atoms. The SMILES string of the molecule is CN1C(=O)C(O)(C(C)(C)C)c2ccccc21. The summed E-state index contributed by atoms with van der Waals surface area (Å²) in [7, 11) is 1.70. The van der Waals surface area contributed by atoms with Gasteiger partial charge in [-0.3, -0.25) is 4.79 Å². The average molecular weight is 219 g/mol. The van der Waals surface area contributed by atoms with Crippen LogP contribution in [0.25, 0.3) is 0 Å². The van der Waals surface area contributed by atoms with Gasteiger partial charge in [-0.1, -0.05) is 39.0 Å². The second-order valence-corrected chi connectivity index (χ2v) is 5.34. The minimum atomic E-state index is -1.42. The van der Waals surface area contributed by atoms with Gasteiger partial charge in [0.25, 0.3) is 5.91 Å². The summed E-state index contributed by atoms with van der Waals surface area (Å²) < 4.78 is 0. The third kappa shape index (κ3) is 1.15. The van der Waals surface area contributed by atoms with Crippen molar-refractivity contribution in [3.63, 3.8) is 0 Å². The number of benzene rings is 1. The van der Waals surface area contributed by atoms with Crippen molar-refractivity contribution in [3.05, 3.63) is 29.8 Å². The van der Waals surface area contributed by atoms with Crippen molar-refractivity contribution in [2.24, 2.45) is 5.41 Å². The summed E-state index contributed by atoms with van der Waals surface area (Å²) in [5, 5.41) is 10.7. The number of amides is 1. The van der Waals surface area contributed by atoms with Gasteiger partial charge in [0.15, 0.2) is 5.60 Å². The Bertz CT molecular complexity index is 447. The molecule has 86 valence electrons. The summed E-state index contributed by atoms with van der Waals surface area (Å²) in [4.78, 5) is 13.7. The topological polar surface area (TPSA) is 40.5 Å². The molecule has 1 atom stereocenters. The van der Waals surface area contributed by atoms with E-state index in [-0.39, 0.29) is 5.91 Å². The molecule has 3 heteroatoms. The van der Waals surface area contributed by atoms with Crippen molar-refractivity contribution >= 4 is 11.6 Å². The number of anilines is 1. The van der Waals surface area contributed by atoms with Crippen LogP contribution in [0, 0.1) is 5.41 Å². The third-order valence-electron chi connectivity index (χ3n) is 3.35. The van der Waals surface area contributed by atoms with E-state index >= 15 is 0 Å². The minimum absolute atomic E-state index is 0.249. The Labute approximate surface area is 95.7 Å². The number of nitrogens with zero attached hydrogens (tertiary/aromatic N) is 1. The lowest BCUT2D eigenvalue weighted by Crippen LogP contribution is -2.48. The van der Waals surface area contributed by atoms with Crippen molar-refractivity contribution in [1.29, 1.82) is 0 Å². The molecule has 1 heterocycles. The number of carbonyl (C=O) groups excluding carboxylic acids is 1. The lowest BCUT2D eigenvalue weighted by Gasteiger charge is -2.35. The predicted molar refractivity (Wildman–Crippen MR) is 63.2 cm³/mol. The molecule has 1 N–H and O–H groups in total. The Morgan fingerprint density at radius 2 is 1.81 bits per heavy atom. The van der Waals surface area contributed by atoms with E-state index < -0.39 is 11.0 Å². The Kier molecular flexibility index (Phi) is 2.14. The van der Waals surface area contributed by atoms with E-state index in [1.165, 1.54) is 4.90 Å². The molecule has 1 aliphatic rings. The van der Waals surface area contributed by atoms with Crippen LogP contribution >= 0.6 is 0 Å². The quantitative estimate of drug-likeness (QED) is 0.724. The molecule has 1 aliphatic heterocycles. The highest BCUT2D eigenvalue weighted by Crippen LogP contribution is 2.49. The second-order valence-electron chi connectivity index (χ2n) is 5.34. The highest BCUT2D eigenvalue weighted by molar-refractivity contribution is 6.06. The van der Waals surface area contributed by atoms with Crippen LogP contribution in [0.3, 0.4) is 0 Å². The molecule has 0 aromatic heterocycles. The summed E-state index contributed by atoms with van der Waals surface area (Å²) in [6.07, 6.45) is 0. The second kappa shape index (κ2) is 3.08. The summed E-state index contributed by atoms with van der Waals surface area (Å²) in [6.45, 7) is 5.63. The van der Waals surface area contributed by atoms with Gasteiger partial charge in [0.05, 0.1) is 5.69 Å². The van der Waals surface area contributed by atoms with E-state index in [4.69, 9.17) is 0 Å². The first kappa shape index (κ1) is 11.1. The van der Waals surface area contributed by atoms with Crippen LogP contribution in [0.4, 0.5) is 5.69 Å². The number of hydrogen-bond acceptors (Lipinski definition) is 2. The maximum atomic E-state index is 12.2. The first-order valence-corrected chi connectivity index (χ1v) is 5.40. The largest absolute Gasteiger partial charge is 0.375 e. The molecule has 0 aliphatic carbocycles. The molecular formula is C13H17NO2. The first-order chi connectivity index (χ1) is 7.30. The normalized spacial score (nSPS) is 24.8. The molecule has 1 aromatic rings. The van der Waals surface area contributed by atoms with Crippen molar-refractivity contribution in [2.75, 3.05) is 11.9 Å². The molecule has 0 spiro atoms. The molecule has 0 saturated carbocycles. The molecule has 0 fully saturated rings. The van der Waals surface area contributed by atoms with E-state index in [1.807, 2.05) is 45.0 Å². The van der Waals surface area contributed by atoms with Crippen molar-refractivity contribution in [3.8, 4) is 0 Å². The molecule has 0 saturated heterocycles. The Balaban J connectivity index is 2.71. The molecule has 0 bridgehead atoms. The van der Waals surface area contributed by atoms with Crippen LogP contribution in [-0.2, 0) is 10.4 Å². The lowest BCUT2D eigenvalue weighted by atomic mass is 9.73. The summed E-state index contributed by atoms with van der Waals surface area (Å²) in [5.74, 6) is -0.249. The lowest BCUT2D eigenvalue weighted by molar-refractivity contribution is -0.148. The molecule has 1 amide bonds. The number of carbonyl (C=O) groups is 1. The van der Waals surface area contributed by atoms with Crippen LogP contribution in [0.1, 0.15) is 26.3 Å². The van der Waals surface area contributed by atoms with Gasteiger partial charge in [-0.25, -0.2) is 0 Å². The van der Waals surface area contributed by atoms with Crippen LogP contribution in [0.5, 0.6) is 0 Å². The Morgan fingerprint density at radius 3 is 2.38 bits per heavy atom. The van der Waals surface area contributed by atoms with Gasteiger partial charge in [-0.15, -0.1) is 0 Å². The third-order valence-corrected chi connectivity index (χ3v) is 3.35. The molecule has 0 radical (unpaired) electrons. The molecule has 3 nitrogen and oxygen atoms in total. The molecule has 2 rings (SSSR count). The number of fused-ring (bicyclic) bond motifs is 1.